The van der Waals surface area contributed by atoms with E-state index in [4.69, 9.17) is 9.72 Å². The second-order valence-corrected chi connectivity index (χ2v) is 9.53. The van der Waals surface area contributed by atoms with Crippen LogP contribution in [0.2, 0.25) is 0 Å². The normalized spacial score (nSPS) is 18.5. The van der Waals surface area contributed by atoms with Gasteiger partial charge in [-0.25, -0.2) is 9.97 Å². The van der Waals surface area contributed by atoms with Crippen molar-refractivity contribution in [1.82, 2.24) is 29.5 Å². The number of likely N-dealkylation sites (N-methyl/N-ethyl adjacent to an activating group) is 1. The van der Waals surface area contributed by atoms with Crippen LogP contribution in [-0.4, -0.2) is 82.5 Å². The molecule has 2 fully saturated rings. The number of aryl methyl sites for hydroxylation is 2. The van der Waals surface area contributed by atoms with Crippen LogP contribution < -0.4 is 20.4 Å². The van der Waals surface area contributed by atoms with Crippen LogP contribution in [0.5, 0.6) is 0 Å². The van der Waals surface area contributed by atoms with Crippen molar-refractivity contribution in [3.63, 3.8) is 0 Å². The maximum absolute atomic E-state index is 13.5. The number of rotatable bonds is 5. The monoisotopic (exact) mass is 489 g/mol. The molecule has 0 aliphatic carbocycles. The van der Waals surface area contributed by atoms with Crippen molar-refractivity contribution in [3.8, 4) is 0 Å². The van der Waals surface area contributed by atoms with Crippen molar-refractivity contribution in [2.45, 2.75) is 19.4 Å². The zero-order chi connectivity index (χ0) is 24.8. The Morgan fingerprint density at radius 2 is 1.92 bits per heavy atom. The molecule has 0 spiro atoms. The number of imidazole rings is 1. The fourth-order valence-electron chi connectivity index (χ4n) is 5.22. The number of fused-ring (bicyclic) bond motifs is 2. The quantitative estimate of drug-likeness (QED) is 0.437. The van der Waals surface area contributed by atoms with Crippen molar-refractivity contribution < 1.29 is 9.53 Å². The summed E-state index contributed by atoms with van der Waals surface area (Å²) in [4.78, 5) is 27.5. The topological polar surface area (TPSA) is 105 Å². The standard InChI is InChI=1S/C25H31N9O2/c1-16-12-34-15-21(28-24(23(34)27-16)32-8-10-36-11-9-32)29-25(35)18-4-5-20(19-14-31(3)30-22(18)19)33-7-6-17(13-33)26-2/h4-5,12,14-15,17,26H,6-11,13H2,1-3H3,(H,29,35)/t17-/m0/s1. The third-order valence-electron chi connectivity index (χ3n) is 7.04. The molecule has 188 valence electrons. The average molecular weight is 490 g/mol. The first-order valence-electron chi connectivity index (χ1n) is 12.4. The molecule has 1 atom stereocenters. The molecule has 11 heteroatoms. The van der Waals surface area contributed by atoms with Crippen LogP contribution in [-0.2, 0) is 11.8 Å². The van der Waals surface area contributed by atoms with Crippen molar-refractivity contribution in [2.24, 2.45) is 7.05 Å². The molecule has 4 aromatic rings. The number of benzene rings is 1. The largest absolute Gasteiger partial charge is 0.378 e. The highest BCUT2D eigenvalue weighted by Crippen LogP contribution is 2.32. The molecule has 0 saturated carbocycles. The van der Waals surface area contributed by atoms with E-state index in [1.807, 2.05) is 56.1 Å². The molecule has 36 heavy (non-hydrogen) atoms. The number of carbonyl (C=O) groups is 1. The number of amides is 1. The molecule has 1 aromatic carbocycles. The van der Waals surface area contributed by atoms with Gasteiger partial charge in [0.15, 0.2) is 17.3 Å². The lowest BCUT2D eigenvalue weighted by atomic mass is 10.1. The van der Waals surface area contributed by atoms with E-state index >= 15 is 0 Å². The van der Waals surface area contributed by atoms with Gasteiger partial charge < -0.3 is 29.6 Å². The lowest BCUT2D eigenvalue weighted by molar-refractivity contribution is 0.102. The van der Waals surface area contributed by atoms with Gasteiger partial charge in [-0.05, 0) is 32.5 Å². The predicted octanol–water partition coefficient (Wildman–Crippen LogP) is 1.81. The SMILES string of the molecule is CN[C@H]1CCN(c2ccc(C(=O)Nc3cn4cc(C)nc4c(N4CCOCC4)n3)c3nn(C)cc23)C1. The number of aromatic nitrogens is 5. The first kappa shape index (κ1) is 22.7. The van der Waals surface area contributed by atoms with Gasteiger partial charge in [0.25, 0.3) is 5.91 Å². The van der Waals surface area contributed by atoms with E-state index in [2.05, 4.69) is 30.5 Å². The van der Waals surface area contributed by atoms with Gasteiger partial charge in [0.1, 0.15) is 5.52 Å². The zero-order valence-electron chi connectivity index (χ0n) is 20.9. The van der Waals surface area contributed by atoms with Crippen LogP contribution in [0.25, 0.3) is 16.6 Å². The van der Waals surface area contributed by atoms with Gasteiger partial charge in [-0.15, -0.1) is 0 Å². The third kappa shape index (κ3) is 4.03. The number of carbonyl (C=O) groups excluding carboxylic acids is 1. The number of hydrogen-bond donors (Lipinski definition) is 2. The van der Waals surface area contributed by atoms with Crippen LogP contribution in [0.3, 0.4) is 0 Å². The van der Waals surface area contributed by atoms with Crippen LogP contribution in [0.4, 0.5) is 17.3 Å². The van der Waals surface area contributed by atoms with Gasteiger partial charge in [-0.1, -0.05) is 0 Å². The summed E-state index contributed by atoms with van der Waals surface area (Å²) in [6.45, 7) is 6.59. The molecule has 6 rings (SSSR count). The number of nitrogens with zero attached hydrogens (tertiary/aromatic N) is 7. The molecular formula is C25H31N9O2. The molecule has 2 saturated heterocycles. The van der Waals surface area contributed by atoms with Gasteiger partial charge >= 0.3 is 0 Å². The smallest absolute Gasteiger partial charge is 0.259 e. The van der Waals surface area contributed by atoms with E-state index in [1.165, 1.54) is 0 Å². The van der Waals surface area contributed by atoms with E-state index in [9.17, 15) is 4.79 Å². The Balaban J connectivity index is 1.34. The maximum Gasteiger partial charge on any atom is 0.259 e. The maximum atomic E-state index is 13.5. The number of ether oxygens (including phenoxy) is 1. The average Bonchev–Trinajstić information content (AvgIpc) is 3.60. The third-order valence-corrected chi connectivity index (χ3v) is 7.04. The van der Waals surface area contributed by atoms with Gasteiger partial charge in [-0.3, -0.25) is 9.48 Å². The first-order chi connectivity index (χ1) is 17.5. The molecule has 0 bridgehead atoms. The molecule has 2 aliphatic rings. The fraction of sp³-hybridized carbons (Fsp3) is 0.440. The molecule has 1 amide bonds. The second-order valence-electron chi connectivity index (χ2n) is 9.53. The minimum Gasteiger partial charge on any atom is -0.378 e. The number of hydrogen-bond acceptors (Lipinski definition) is 8. The second kappa shape index (κ2) is 9.07. The minimum absolute atomic E-state index is 0.239. The van der Waals surface area contributed by atoms with Crippen LogP contribution in [0.15, 0.2) is 30.7 Å². The molecule has 2 aliphatic heterocycles. The van der Waals surface area contributed by atoms with E-state index < -0.39 is 0 Å². The van der Waals surface area contributed by atoms with E-state index in [0.717, 1.165) is 60.8 Å². The van der Waals surface area contributed by atoms with Crippen LogP contribution >= 0.6 is 0 Å². The zero-order valence-corrected chi connectivity index (χ0v) is 20.9. The highest BCUT2D eigenvalue weighted by molar-refractivity contribution is 6.13. The Morgan fingerprint density at radius 3 is 2.69 bits per heavy atom. The van der Waals surface area contributed by atoms with Gasteiger partial charge in [0.2, 0.25) is 0 Å². The summed E-state index contributed by atoms with van der Waals surface area (Å²) >= 11 is 0. The number of nitrogens with one attached hydrogen (secondary N) is 2. The molecular weight excluding hydrogens is 458 g/mol. The van der Waals surface area contributed by atoms with E-state index in [-0.39, 0.29) is 5.91 Å². The summed E-state index contributed by atoms with van der Waals surface area (Å²) < 4.78 is 9.20. The van der Waals surface area contributed by atoms with Gasteiger partial charge in [0, 0.05) is 62.7 Å². The summed E-state index contributed by atoms with van der Waals surface area (Å²) in [5.74, 6) is 0.975. The first-order valence-corrected chi connectivity index (χ1v) is 12.4. The Labute approximate surface area is 209 Å². The molecule has 5 heterocycles. The number of anilines is 3. The Hall–Kier alpha value is -3.70. The number of morpholine rings is 1. The Morgan fingerprint density at radius 1 is 1.08 bits per heavy atom. The van der Waals surface area contributed by atoms with E-state index in [0.29, 0.717) is 36.2 Å². The molecule has 11 nitrogen and oxygen atoms in total. The van der Waals surface area contributed by atoms with Crippen LogP contribution in [0.1, 0.15) is 22.5 Å². The minimum atomic E-state index is -0.239. The summed E-state index contributed by atoms with van der Waals surface area (Å²) in [7, 11) is 3.89. The highest BCUT2D eigenvalue weighted by Gasteiger charge is 2.25. The summed E-state index contributed by atoms with van der Waals surface area (Å²) in [5, 5.41) is 12.0. The predicted molar refractivity (Wildman–Crippen MR) is 139 cm³/mol. The Bertz CT molecular complexity index is 1440. The molecule has 3 aromatic heterocycles. The molecule has 0 radical (unpaired) electrons. The summed E-state index contributed by atoms with van der Waals surface area (Å²) in [6, 6.07) is 4.37. The van der Waals surface area contributed by atoms with E-state index in [1.54, 1.807) is 4.68 Å². The van der Waals surface area contributed by atoms with Crippen molar-refractivity contribution >= 4 is 39.8 Å². The lowest BCUT2D eigenvalue weighted by Crippen LogP contribution is -2.37. The van der Waals surface area contributed by atoms with Crippen molar-refractivity contribution in [2.75, 3.05) is 61.6 Å². The molecule has 2 N–H and O–H groups in total. The fourth-order valence-corrected chi connectivity index (χ4v) is 5.22. The van der Waals surface area contributed by atoms with Crippen LogP contribution in [0, 0.1) is 6.92 Å². The van der Waals surface area contributed by atoms with Gasteiger partial charge in [0.05, 0.1) is 30.7 Å². The van der Waals surface area contributed by atoms with Gasteiger partial charge in [-0.2, -0.15) is 5.10 Å². The molecule has 0 unspecified atom stereocenters. The highest BCUT2D eigenvalue weighted by atomic mass is 16.5. The lowest BCUT2D eigenvalue weighted by Gasteiger charge is -2.28. The van der Waals surface area contributed by atoms with Crippen molar-refractivity contribution in [1.29, 1.82) is 0 Å². The summed E-state index contributed by atoms with van der Waals surface area (Å²) in [6.07, 6.45) is 6.83. The Kier molecular flexibility index (Phi) is 5.73. The van der Waals surface area contributed by atoms with Crippen molar-refractivity contribution in [3.05, 3.63) is 42.0 Å². The summed E-state index contributed by atoms with van der Waals surface area (Å²) in [5.41, 5.74) is 3.98.